The van der Waals surface area contributed by atoms with Crippen molar-refractivity contribution in [2.75, 3.05) is 13.1 Å². The fourth-order valence-electron chi connectivity index (χ4n) is 5.17. The van der Waals surface area contributed by atoms with E-state index in [-0.39, 0.29) is 23.7 Å². The van der Waals surface area contributed by atoms with Gasteiger partial charge in [0.1, 0.15) is 5.82 Å². The summed E-state index contributed by atoms with van der Waals surface area (Å²) in [5.74, 6) is 1.48. The first-order valence-electron chi connectivity index (χ1n) is 12.3. The van der Waals surface area contributed by atoms with Crippen molar-refractivity contribution in [2.45, 2.75) is 104 Å². The number of amides is 2. The Morgan fingerprint density at radius 1 is 1.00 bits per heavy atom. The Morgan fingerprint density at radius 3 is 2.26 bits per heavy atom. The fraction of sp³-hybridized carbons (Fsp3) is 0.760. The first-order chi connectivity index (χ1) is 14.9. The number of hydrogen-bond donors (Lipinski definition) is 1. The summed E-state index contributed by atoms with van der Waals surface area (Å²) in [6.07, 6.45) is 10.0. The van der Waals surface area contributed by atoms with Crippen molar-refractivity contribution in [1.29, 1.82) is 0 Å². The first kappa shape index (κ1) is 23.7. The van der Waals surface area contributed by atoms with Crippen molar-refractivity contribution in [2.24, 2.45) is 5.92 Å². The van der Waals surface area contributed by atoms with Crippen LogP contribution in [0.4, 0.5) is 0 Å². The molecular weight excluding hydrogens is 388 g/mol. The molecule has 1 aliphatic heterocycles. The summed E-state index contributed by atoms with van der Waals surface area (Å²) >= 11 is 0. The summed E-state index contributed by atoms with van der Waals surface area (Å²) in [7, 11) is 0. The minimum absolute atomic E-state index is 0.0778. The lowest BCUT2D eigenvalue weighted by atomic mass is 9.93. The van der Waals surface area contributed by atoms with Gasteiger partial charge in [-0.2, -0.15) is 0 Å². The normalized spacial score (nSPS) is 20.2. The maximum Gasteiger partial charge on any atom is 0.225 e. The molecule has 0 radical (unpaired) electrons. The van der Waals surface area contributed by atoms with E-state index in [0.717, 1.165) is 67.8 Å². The van der Waals surface area contributed by atoms with Crippen LogP contribution >= 0.6 is 0 Å². The molecule has 1 saturated carbocycles. The van der Waals surface area contributed by atoms with Gasteiger partial charge in [0.15, 0.2) is 0 Å². The van der Waals surface area contributed by atoms with Gasteiger partial charge in [-0.25, -0.2) is 9.97 Å². The largest absolute Gasteiger partial charge is 0.353 e. The summed E-state index contributed by atoms with van der Waals surface area (Å²) in [6, 6.07) is 0.322. The zero-order valence-corrected chi connectivity index (χ0v) is 19.9. The van der Waals surface area contributed by atoms with E-state index in [1.807, 2.05) is 18.7 Å². The second kappa shape index (κ2) is 11.1. The van der Waals surface area contributed by atoms with Crippen LogP contribution in [0.1, 0.15) is 100 Å². The highest BCUT2D eigenvalue weighted by Crippen LogP contribution is 2.28. The third-order valence-electron chi connectivity index (χ3n) is 7.18. The number of aryl methyl sites for hydroxylation is 2. The average Bonchev–Trinajstić information content (AvgIpc) is 2.77. The molecule has 0 unspecified atom stereocenters. The number of aromatic nitrogens is 2. The maximum atomic E-state index is 12.9. The number of likely N-dealkylation sites (tertiary alicyclic amines) is 1. The number of carbonyl (C=O) groups excluding carboxylic acids is 2. The van der Waals surface area contributed by atoms with Gasteiger partial charge in [0.05, 0.1) is 6.42 Å². The highest BCUT2D eigenvalue weighted by molar-refractivity contribution is 5.79. The van der Waals surface area contributed by atoms with Gasteiger partial charge in [-0.1, -0.05) is 33.1 Å². The smallest absolute Gasteiger partial charge is 0.225 e. The quantitative estimate of drug-likeness (QED) is 0.705. The number of nitrogens with one attached hydrogen (secondary N) is 1. The summed E-state index contributed by atoms with van der Waals surface area (Å²) in [5.41, 5.74) is 2.73. The Kier molecular flexibility index (Phi) is 8.44. The molecule has 3 rings (SSSR count). The van der Waals surface area contributed by atoms with E-state index in [0.29, 0.717) is 19.0 Å². The van der Waals surface area contributed by atoms with Gasteiger partial charge < -0.3 is 10.2 Å². The van der Waals surface area contributed by atoms with E-state index in [2.05, 4.69) is 19.2 Å². The van der Waals surface area contributed by atoms with Crippen LogP contribution in [0.2, 0.25) is 0 Å². The van der Waals surface area contributed by atoms with Crippen LogP contribution in [0.15, 0.2) is 0 Å². The van der Waals surface area contributed by atoms with Gasteiger partial charge in [-0.15, -0.1) is 0 Å². The van der Waals surface area contributed by atoms with Gasteiger partial charge in [0.25, 0.3) is 0 Å². The second-order valence-corrected chi connectivity index (χ2v) is 9.45. The van der Waals surface area contributed by atoms with E-state index in [1.54, 1.807) is 0 Å². The van der Waals surface area contributed by atoms with Gasteiger partial charge in [-0.3, -0.25) is 9.59 Å². The van der Waals surface area contributed by atoms with E-state index in [9.17, 15) is 9.59 Å². The molecule has 6 nitrogen and oxygen atoms in total. The number of carbonyl (C=O) groups is 2. The summed E-state index contributed by atoms with van der Waals surface area (Å²) in [5, 5.41) is 3.20. The van der Waals surface area contributed by atoms with E-state index < -0.39 is 0 Å². The highest BCUT2D eigenvalue weighted by atomic mass is 16.2. The Balaban J connectivity index is 1.66. The molecule has 1 aliphatic carbocycles. The molecule has 2 heterocycles. The van der Waals surface area contributed by atoms with Crippen LogP contribution in [-0.2, 0) is 16.0 Å². The van der Waals surface area contributed by atoms with Crippen molar-refractivity contribution in [3.8, 4) is 0 Å². The topological polar surface area (TPSA) is 75.2 Å². The Morgan fingerprint density at radius 2 is 1.65 bits per heavy atom. The zero-order chi connectivity index (χ0) is 22.4. The maximum absolute atomic E-state index is 12.9. The third kappa shape index (κ3) is 6.05. The number of hydrogen-bond acceptors (Lipinski definition) is 4. The summed E-state index contributed by atoms with van der Waals surface area (Å²) in [6.45, 7) is 9.69. The number of piperidine rings is 1. The molecule has 2 amide bonds. The van der Waals surface area contributed by atoms with Gasteiger partial charge in [0, 0.05) is 47.9 Å². The van der Waals surface area contributed by atoms with Crippen molar-refractivity contribution < 1.29 is 9.59 Å². The van der Waals surface area contributed by atoms with Gasteiger partial charge in [0.2, 0.25) is 11.8 Å². The molecule has 1 N–H and O–H groups in total. The molecule has 31 heavy (non-hydrogen) atoms. The summed E-state index contributed by atoms with van der Waals surface area (Å²) in [4.78, 5) is 37.1. The number of rotatable bonds is 7. The van der Waals surface area contributed by atoms with Crippen molar-refractivity contribution in [1.82, 2.24) is 20.2 Å². The lowest BCUT2D eigenvalue weighted by molar-refractivity contribution is -0.137. The Labute approximate surface area is 187 Å². The Hall–Kier alpha value is -1.98. The van der Waals surface area contributed by atoms with Crippen LogP contribution in [0.5, 0.6) is 0 Å². The molecule has 2 fully saturated rings. The molecular formula is C25H40N4O2. The van der Waals surface area contributed by atoms with Crippen molar-refractivity contribution >= 4 is 11.8 Å². The second-order valence-electron chi connectivity index (χ2n) is 9.45. The minimum atomic E-state index is 0.0778. The van der Waals surface area contributed by atoms with E-state index in [1.165, 1.54) is 19.3 Å². The van der Waals surface area contributed by atoms with E-state index >= 15 is 0 Å². The lowest BCUT2D eigenvalue weighted by Gasteiger charge is -2.34. The zero-order valence-electron chi connectivity index (χ0n) is 19.9. The number of nitrogens with zero attached hydrogens (tertiary/aromatic N) is 3. The summed E-state index contributed by atoms with van der Waals surface area (Å²) < 4.78 is 0. The molecule has 0 spiro atoms. The predicted octanol–water partition coefficient (Wildman–Crippen LogP) is 4.23. The fourth-order valence-corrected chi connectivity index (χ4v) is 5.17. The third-order valence-corrected chi connectivity index (χ3v) is 7.18. The molecule has 6 heteroatoms. The molecule has 0 bridgehead atoms. The average molecular weight is 429 g/mol. The van der Waals surface area contributed by atoms with Crippen LogP contribution in [0.3, 0.4) is 0 Å². The predicted molar refractivity (Wildman–Crippen MR) is 123 cm³/mol. The molecule has 172 valence electrons. The van der Waals surface area contributed by atoms with Crippen molar-refractivity contribution in [3.05, 3.63) is 22.8 Å². The van der Waals surface area contributed by atoms with Gasteiger partial charge >= 0.3 is 0 Å². The first-order valence-corrected chi connectivity index (χ1v) is 12.3. The molecule has 1 saturated heterocycles. The van der Waals surface area contributed by atoms with Crippen LogP contribution in [-0.4, -0.2) is 45.8 Å². The Bertz CT molecular complexity index is 746. The van der Waals surface area contributed by atoms with Crippen LogP contribution in [0.25, 0.3) is 0 Å². The molecule has 1 atom stereocenters. The van der Waals surface area contributed by atoms with E-state index in [4.69, 9.17) is 9.97 Å². The highest BCUT2D eigenvalue weighted by Gasteiger charge is 2.30. The standard InChI is InChI=1S/C25H40N4O2/c1-5-19(6-2)25(31)29-14-10-11-20(16-29)24-26-17(3)22(18(4)27-24)15-23(30)28-21-12-8-7-9-13-21/h19-21H,5-16H2,1-4H3,(H,28,30)/t20-/m0/s1. The van der Waals surface area contributed by atoms with Crippen LogP contribution < -0.4 is 5.32 Å². The minimum Gasteiger partial charge on any atom is -0.353 e. The van der Waals surface area contributed by atoms with Crippen LogP contribution in [0, 0.1) is 19.8 Å². The van der Waals surface area contributed by atoms with Crippen molar-refractivity contribution in [3.63, 3.8) is 0 Å². The molecule has 1 aromatic heterocycles. The molecule has 0 aromatic carbocycles. The lowest BCUT2D eigenvalue weighted by Crippen LogP contribution is -2.42. The monoisotopic (exact) mass is 428 g/mol. The van der Waals surface area contributed by atoms with Gasteiger partial charge in [-0.05, 0) is 52.4 Å². The molecule has 2 aliphatic rings. The molecule has 1 aromatic rings. The SMILES string of the molecule is CCC(CC)C(=O)N1CCC[C@H](c2nc(C)c(CC(=O)NC3CCCCC3)c(C)n2)C1.